The zero-order valence-corrected chi connectivity index (χ0v) is 18.8. The van der Waals surface area contributed by atoms with Gasteiger partial charge in [-0.05, 0) is 80.8 Å². The highest BCUT2D eigenvalue weighted by Crippen LogP contribution is 2.24. The Hall–Kier alpha value is -3.32. The minimum absolute atomic E-state index is 0.109. The average molecular weight is 439 g/mol. The van der Waals surface area contributed by atoms with Crippen LogP contribution in [-0.2, 0) is 14.8 Å². The topological polar surface area (TPSA) is 84.5 Å². The predicted molar refractivity (Wildman–Crippen MR) is 123 cm³/mol. The van der Waals surface area contributed by atoms with E-state index in [1.165, 1.54) is 12.1 Å². The van der Waals surface area contributed by atoms with E-state index in [2.05, 4.69) is 10.0 Å². The van der Waals surface area contributed by atoms with Crippen LogP contribution in [0.5, 0.6) is 5.75 Å². The molecule has 0 saturated carbocycles. The lowest BCUT2D eigenvalue weighted by atomic mass is 10.1. The Bertz CT molecular complexity index is 1170. The molecule has 162 valence electrons. The van der Waals surface area contributed by atoms with Gasteiger partial charge in [0.05, 0.1) is 10.6 Å². The van der Waals surface area contributed by atoms with Crippen molar-refractivity contribution in [3.63, 3.8) is 0 Å². The van der Waals surface area contributed by atoms with Gasteiger partial charge < -0.3 is 10.1 Å². The third kappa shape index (κ3) is 5.64. The molecular formula is C24H26N2O4S. The van der Waals surface area contributed by atoms with Crippen molar-refractivity contribution in [2.24, 2.45) is 0 Å². The van der Waals surface area contributed by atoms with E-state index in [4.69, 9.17) is 4.74 Å². The Morgan fingerprint density at radius 1 is 0.903 bits per heavy atom. The number of hydrogen-bond acceptors (Lipinski definition) is 4. The molecule has 1 amide bonds. The molecule has 2 N–H and O–H groups in total. The van der Waals surface area contributed by atoms with Crippen LogP contribution in [-0.4, -0.2) is 20.4 Å². The van der Waals surface area contributed by atoms with Crippen molar-refractivity contribution in [1.29, 1.82) is 0 Å². The van der Waals surface area contributed by atoms with Crippen molar-refractivity contribution in [3.8, 4) is 5.75 Å². The number of anilines is 2. The molecule has 0 aliphatic heterocycles. The van der Waals surface area contributed by atoms with Crippen molar-refractivity contribution in [3.05, 3.63) is 83.4 Å². The van der Waals surface area contributed by atoms with E-state index >= 15 is 0 Å². The lowest BCUT2D eigenvalue weighted by Gasteiger charge is -2.16. The largest absolute Gasteiger partial charge is 0.481 e. The summed E-state index contributed by atoms with van der Waals surface area (Å²) in [6.07, 6.45) is -0.712. The van der Waals surface area contributed by atoms with Gasteiger partial charge in [0.15, 0.2) is 6.10 Å². The normalized spacial score (nSPS) is 12.1. The second-order valence-electron chi connectivity index (χ2n) is 7.46. The molecule has 0 aliphatic rings. The summed E-state index contributed by atoms with van der Waals surface area (Å²) in [5.74, 6) is 0.285. The Labute approximate surface area is 183 Å². The van der Waals surface area contributed by atoms with Gasteiger partial charge in [-0.2, -0.15) is 0 Å². The van der Waals surface area contributed by atoms with Crippen LogP contribution < -0.4 is 14.8 Å². The highest BCUT2D eigenvalue weighted by atomic mass is 32.2. The number of amides is 1. The summed E-state index contributed by atoms with van der Waals surface area (Å²) in [5, 5.41) is 2.74. The lowest BCUT2D eigenvalue weighted by Crippen LogP contribution is -2.30. The minimum Gasteiger partial charge on any atom is -0.481 e. The molecular weight excluding hydrogens is 412 g/mol. The van der Waals surface area contributed by atoms with Crippen molar-refractivity contribution in [2.45, 2.75) is 38.7 Å². The summed E-state index contributed by atoms with van der Waals surface area (Å²) in [7, 11) is -3.75. The van der Waals surface area contributed by atoms with Gasteiger partial charge >= 0.3 is 0 Å². The molecule has 7 heteroatoms. The van der Waals surface area contributed by atoms with E-state index in [9.17, 15) is 13.2 Å². The average Bonchev–Trinajstić information content (AvgIpc) is 2.71. The Morgan fingerprint density at radius 3 is 2.13 bits per heavy atom. The van der Waals surface area contributed by atoms with Crippen molar-refractivity contribution in [1.82, 2.24) is 0 Å². The van der Waals surface area contributed by atoms with Crippen LogP contribution >= 0.6 is 0 Å². The zero-order chi connectivity index (χ0) is 22.6. The van der Waals surface area contributed by atoms with Crippen LogP contribution in [0.2, 0.25) is 0 Å². The maximum Gasteiger partial charge on any atom is 0.265 e. The third-order valence-corrected chi connectivity index (χ3v) is 6.19. The Morgan fingerprint density at radius 2 is 1.52 bits per heavy atom. The number of benzene rings is 3. The standard InChI is InChI=1S/C24H26N2O4S/c1-16-7-5-10-21(15-16)30-19(4)24(27)25-20-11-13-22(14-12-20)31(28,29)26-23-17(2)8-6-9-18(23)3/h5-15,19,26H,1-4H3,(H,25,27). The molecule has 0 saturated heterocycles. The van der Waals surface area contributed by atoms with Crippen LogP contribution in [0.3, 0.4) is 0 Å². The fraction of sp³-hybridized carbons (Fsp3) is 0.208. The second kappa shape index (κ2) is 9.22. The van der Waals surface area contributed by atoms with Gasteiger partial charge in [0.25, 0.3) is 15.9 Å². The van der Waals surface area contributed by atoms with Gasteiger partial charge in [-0.1, -0.05) is 30.3 Å². The maximum atomic E-state index is 12.8. The first kappa shape index (κ1) is 22.4. The molecule has 31 heavy (non-hydrogen) atoms. The third-order valence-electron chi connectivity index (χ3n) is 4.82. The van der Waals surface area contributed by atoms with Gasteiger partial charge in [-0.3, -0.25) is 9.52 Å². The first-order chi connectivity index (χ1) is 14.7. The van der Waals surface area contributed by atoms with Gasteiger partial charge in [-0.15, -0.1) is 0 Å². The number of hydrogen-bond donors (Lipinski definition) is 2. The predicted octanol–water partition coefficient (Wildman–Crippen LogP) is 4.82. The summed E-state index contributed by atoms with van der Waals surface area (Å²) in [6, 6.07) is 19.1. The molecule has 0 radical (unpaired) electrons. The number of carbonyl (C=O) groups excluding carboxylic acids is 1. The number of sulfonamides is 1. The number of rotatable bonds is 7. The van der Waals surface area contributed by atoms with Crippen molar-refractivity contribution in [2.75, 3.05) is 10.0 Å². The van der Waals surface area contributed by atoms with Crippen LogP contribution in [0, 0.1) is 20.8 Å². The molecule has 0 aromatic heterocycles. The summed E-state index contributed by atoms with van der Waals surface area (Å²) in [4.78, 5) is 12.5. The van der Waals surface area contributed by atoms with E-state index in [1.807, 2.05) is 57.2 Å². The molecule has 0 aliphatic carbocycles. The van der Waals surface area contributed by atoms with Gasteiger partial charge in [-0.25, -0.2) is 8.42 Å². The van der Waals surface area contributed by atoms with Crippen molar-refractivity contribution >= 4 is 27.3 Å². The number of para-hydroxylation sites is 1. The maximum absolute atomic E-state index is 12.8. The zero-order valence-electron chi connectivity index (χ0n) is 18.0. The van der Waals surface area contributed by atoms with Gasteiger partial charge in [0, 0.05) is 5.69 Å². The van der Waals surface area contributed by atoms with Crippen molar-refractivity contribution < 1.29 is 17.9 Å². The van der Waals surface area contributed by atoms with Crippen LogP contribution in [0.25, 0.3) is 0 Å². The molecule has 3 aromatic rings. The lowest BCUT2D eigenvalue weighted by molar-refractivity contribution is -0.122. The minimum atomic E-state index is -3.75. The smallest absolute Gasteiger partial charge is 0.265 e. The molecule has 1 atom stereocenters. The molecule has 1 unspecified atom stereocenters. The SMILES string of the molecule is Cc1cccc(OC(C)C(=O)Nc2ccc(S(=O)(=O)Nc3c(C)cccc3C)cc2)c1. The monoisotopic (exact) mass is 438 g/mol. The first-order valence-corrected chi connectivity index (χ1v) is 11.4. The highest BCUT2D eigenvalue weighted by molar-refractivity contribution is 7.92. The molecule has 6 nitrogen and oxygen atoms in total. The van der Waals surface area contributed by atoms with Crippen LogP contribution in [0.1, 0.15) is 23.6 Å². The van der Waals surface area contributed by atoms with Crippen LogP contribution in [0.4, 0.5) is 11.4 Å². The van der Waals surface area contributed by atoms with E-state index < -0.39 is 16.1 Å². The second-order valence-corrected chi connectivity index (χ2v) is 9.14. The Kier molecular flexibility index (Phi) is 6.65. The van der Waals surface area contributed by atoms with E-state index in [1.54, 1.807) is 25.1 Å². The molecule has 3 aromatic carbocycles. The Balaban J connectivity index is 1.67. The summed E-state index contributed by atoms with van der Waals surface area (Å²) >= 11 is 0. The molecule has 0 fully saturated rings. The molecule has 0 heterocycles. The molecule has 0 spiro atoms. The number of ether oxygens (including phenoxy) is 1. The first-order valence-electron chi connectivity index (χ1n) is 9.89. The van der Waals surface area contributed by atoms with E-state index in [0.29, 0.717) is 17.1 Å². The van der Waals surface area contributed by atoms with Gasteiger partial charge in [0.2, 0.25) is 0 Å². The van der Waals surface area contributed by atoms with Crippen LogP contribution in [0.15, 0.2) is 71.6 Å². The summed E-state index contributed by atoms with van der Waals surface area (Å²) in [5.41, 5.74) is 3.78. The quantitative estimate of drug-likeness (QED) is 0.554. The summed E-state index contributed by atoms with van der Waals surface area (Å²) in [6.45, 7) is 7.31. The number of aryl methyl sites for hydroxylation is 3. The van der Waals surface area contributed by atoms with E-state index in [-0.39, 0.29) is 10.8 Å². The van der Waals surface area contributed by atoms with E-state index in [0.717, 1.165) is 16.7 Å². The number of nitrogens with one attached hydrogen (secondary N) is 2. The summed E-state index contributed by atoms with van der Waals surface area (Å²) < 4.78 is 33.8. The molecule has 3 rings (SSSR count). The van der Waals surface area contributed by atoms with Gasteiger partial charge in [0.1, 0.15) is 5.75 Å². The fourth-order valence-electron chi connectivity index (χ4n) is 3.08. The number of carbonyl (C=O) groups is 1. The highest BCUT2D eigenvalue weighted by Gasteiger charge is 2.18. The fourth-order valence-corrected chi connectivity index (χ4v) is 4.28. The molecule has 0 bridgehead atoms.